The van der Waals surface area contributed by atoms with E-state index in [1.807, 2.05) is 19.9 Å². The van der Waals surface area contributed by atoms with Gasteiger partial charge in [0.1, 0.15) is 0 Å². The summed E-state index contributed by atoms with van der Waals surface area (Å²) in [6.07, 6.45) is 1.17. The number of sulfonamides is 1. The number of piperidine rings is 1. The summed E-state index contributed by atoms with van der Waals surface area (Å²) in [4.78, 5) is 23.6. The van der Waals surface area contributed by atoms with Gasteiger partial charge in [-0.25, -0.2) is 13.2 Å². The molecule has 1 amide bonds. The number of hydrogen-bond acceptors (Lipinski definition) is 6. The average molecular weight is 407 g/mol. The number of carbonyl (C=O) groups is 2. The Morgan fingerprint density at radius 1 is 1.21 bits per heavy atom. The molecule has 1 N–H and O–H groups in total. The van der Waals surface area contributed by atoms with Gasteiger partial charge in [-0.1, -0.05) is 13.8 Å². The molecule has 1 heterocycles. The van der Waals surface area contributed by atoms with Crippen LogP contribution in [0.4, 0.5) is 0 Å². The first-order valence-electron chi connectivity index (χ1n) is 9.15. The van der Waals surface area contributed by atoms with Gasteiger partial charge in [0, 0.05) is 19.6 Å². The quantitative estimate of drug-likeness (QED) is 0.541. The zero-order chi connectivity index (χ0) is 20.7. The molecule has 2 rings (SSSR count). The fraction of sp³-hybridized carbons (Fsp3) is 0.526. The average Bonchev–Trinajstić information content (AvgIpc) is 2.65. The van der Waals surface area contributed by atoms with E-state index in [0.717, 1.165) is 6.42 Å². The topological polar surface area (TPSA) is 117 Å². The van der Waals surface area contributed by atoms with Crippen molar-refractivity contribution in [1.82, 2.24) is 9.62 Å². The summed E-state index contributed by atoms with van der Waals surface area (Å²) < 4.78 is 32.1. The second-order valence-electron chi connectivity index (χ2n) is 7.13. The van der Waals surface area contributed by atoms with Crippen LogP contribution in [0.25, 0.3) is 0 Å². The Labute approximate surface area is 165 Å². The molecule has 0 saturated carbocycles. The van der Waals surface area contributed by atoms with Crippen LogP contribution in [-0.4, -0.2) is 50.8 Å². The van der Waals surface area contributed by atoms with Crippen LogP contribution in [0.1, 0.15) is 37.0 Å². The summed E-state index contributed by atoms with van der Waals surface area (Å²) in [7, 11) is -3.62. The lowest BCUT2D eigenvalue weighted by Gasteiger charge is -2.34. The third-order valence-electron chi connectivity index (χ3n) is 4.46. The summed E-state index contributed by atoms with van der Waals surface area (Å²) in [5.41, 5.74) is 0.157. The van der Waals surface area contributed by atoms with E-state index in [2.05, 4.69) is 5.32 Å². The number of ether oxygens (including phenoxy) is 1. The number of amides is 1. The Morgan fingerprint density at radius 2 is 1.82 bits per heavy atom. The van der Waals surface area contributed by atoms with Gasteiger partial charge >= 0.3 is 5.97 Å². The molecule has 1 aliphatic heterocycles. The predicted octanol–water partition coefficient (Wildman–Crippen LogP) is 1.54. The molecule has 152 valence electrons. The molecule has 0 bridgehead atoms. The minimum atomic E-state index is -3.62. The minimum Gasteiger partial charge on any atom is -0.452 e. The molecule has 8 nitrogen and oxygen atoms in total. The SMILES string of the molecule is CC1CC(C)CN(S(=O)(=O)c2ccc(C(=O)OCC(=O)NCCC#N)cc2)C1. The van der Waals surface area contributed by atoms with Gasteiger partial charge in [-0.05, 0) is 42.5 Å². The number of carbonyl (C=O) groups excluding carboxylic acids is 2. The highest BCUT2D eigenvalue weighted by molar-refractivity contribution is 7.89. The lowest BCUT2D eigenvalue weighted by Crippen LogP contribution is -2.42. The van der Waals surface area contributed by atoms with E-state index in [1.165, 1.54) is 28.6 Å². The standard InChI is InChI=1S/C19H25N3O5S/c1-14-10-15(2)12-22(11-14)28(25,26)17-6-4-16(5-7-17)19(24)27-13-18(23)21-9-3-8-20/h4-7,14-15H,3,9-13H2,1-2H3,(H,21,23). The van der Waals surface area contributed by atoms with Gasteiger partial charge in [0.05, 0.1) is 22.9 Å². The maximum absolute atomic E-state index is 12.8. The molecule has 0 radical (unpaired) electrons. The Bertz CT molecular complexity index is 835. The van der Waals surface area contributed by atoms with Crippen LogP contribution in [0.5, 0.6) is 0 Å². The van der Waals surface area contributed by atoms with E-state index >= 15 is 0 Å². The van der Waals surface area contributed by atoms with Gasteiger partial charge in [0.2, 0.25) is 10.0 Å². The summed E-state index contributed by atoms with van der Waals surface area (Å²) >= 11 is 0. The number of rotatable bonds is 7. The van der Waals surface area contributed by atoms with E-state index in [9.17, 15) is 18.0 Å². The number of nitrogens with one attached hydrogen (secondary N) is 1. The molecule has 0 spiro atoms. The molecule has 1 saturated heterocycles. The fourth-order valence-corrected chi connectivity index (χ4v) is 4.92. The van der Waals surface area contributed by atoms with Gasteiger partial charge < -0.3 is 10.1 Å². The molecule has 2 atom stereocenters. The van der Waals surface area contributed by atoms with Gasteiger partial charge in [-0.2, -0.15) is 9.57 Å². The molecule has 1 aliphatic rings. The third kappa shape index (κ3) is 5.78. The van der Waals surface area contributed by atoms with Crippen LogP contribution in [-0.2, 0) is 19.6 Å². The lowest BCUT2D eigenvalue weighted by molar-refractivity contribution is -0.124. The van der Waals surface area contributed by atoms with Crippen molar-refractivity contribution in [1.29, 1.82) is 5.26 Å². The highest BCUT2D eigenvalue weighted by Gasteiger charge is 2.31. The predicted molar refractivity (Wildman–Crippen MR) is 102 cm³/mol. The smallest absolute Gasteiger partial charge is 0.338 e. The first-order chi connectivity index (χ1) is 13.2. The second kappa shape index (κ2) is 9.66. The van der Waals surface area contributed by atoms with Crippen LogP contribution >= 0.6 is 0 Å². The molecule has 1 fully saturated rings. The Morgan fingerprint density at radius 3 is 2.39 bits per heavy atom. The molecule has 1 aromatic carbocycles. The zero-order valence-electron chi connectivity index (χ0n) is 16.1. The van der Waals surface area contributed by atoms with Crippen LogP contribution in [0.2, 0.25) is 0 Å². The number of hydrogen-bond donors (Lipinski definition) is 1. The minimum absolute atomic E-state index is 0.125. The Hall–Kier alpha value is -2.44. The number of nitriles is 1. The summed E-state index contributed by atoms with van der Waals surface area (Å²) in [5.74, 6) is -0.630. The van der Waals surface area contributed by atoms with Crippen LogP contribution < -0.4 is 5.32 Å². The van der Waals surface area contributed by atoms with E-state index < -0.39 is 28.5 Å². The zero-order valence-corrected chi connectivity index (χ0v) is 16.9. The number of nitrogens with zero attached hydrogens (tertiary/aromatic N) is 2. The van der Waals surface area contributed by atoms with Gasteiger partial charge in [0.25, 0.3) is 5.91 Å². The molecule has 0 aromatic heterocycles. The summed E-state index contributed by atoms with van der Waals surface area (Å²) in [6, 6.07) is 7.39. The van der Waals surface area contributed by atoms with Crippen molar-refractivity contribution >= 4 is 21.9 Å². The highest BCUT2D eigenvalue weighted by atomic mass is 32.2. The van der Waals surface area contributed by atoms with E-state index in [4.69, 9.17) is 10.00 Å². The highest BCUT2D eigenvalue weighted by Crippen LogP contribution is 2.26. The first-order valence-corrected chi connectivity index (χ1v) is 10.6. The second-order valence-corrected chi connectivity index (χ2v) is 9.06. The van der Waals surface area contributed by atoms with E-state index in [-0.39, 0.29) is 23.4 Å². The van der Waals surface area contributed by atoms with E-state index in [0.29, 0.717) is 24.9 Å². The summed E-state index contributed by atoms with van der Waals surface area (Å²) in [6.45, 7) is 4.76. The monoisotopic (exact) mass is 407 g/mol. The van der Waals surface area contributed by atoms with Crippen LogP contribution in [0.15, 0.2) is 29.2 Å². The largest absolute Gasteiger partial charge is 0.452 e. The van der Waals surface area contributed by atoms with Crippen molar-refractivity contribution in [2.24, 2.45) is 11.8 Å². The van der Waals surface area contributed by atoms with Crippen molar-refractivity contribution in [2.45, 2.75) is 31.6 Å². The van der Waals surface area contributed by atoms with E-state index in [1.54, 1.807) is 0 Å². The Kier molecular flexibility index (Phi) is 7.54. The molecule has 9 heteroatoms. The normalized spacial score (nSPS) is 20.2. The van der Waals surface area contributed by atoms with Gasteiger partial charge in [-0.15, -0.1) is 0 Å². The van der Waals surface area contributed by atoms with Crippen molar-refractivity contribution in [2.75, 3.05) is 26.2 Å². The van der Waals surface area contributed by atoms with Crippen LogP contribution in [0.3, 0.4) is 0 Å². The van der Waals surface area contributed by atoms with Crippen molar-refractivity contribution in [3.8, 4) is 6.07 Å². The van der Waals surface area contributed by atoms with Crippen molar-refractivity contribution in [3.05, 3.63) is 29.8 Å². The van der Waals surface area contributed by atoms with Gasteiger partial charge in [0.15, 0.2) is 6.61 Å². The maximum Gasteiger partial charge on any atom is 0.338 e. The maximum atomic E-state index is 12.8. The lowest BCUT2D eigenvalue weighted by atomic mass is 9.94. The summed E-state index contributed by atoms with van der Waals surface area (Å²) in [5, 5.41) is 10.8. The first kappa shape index (κ1) is 21.9. The molecule has 28 heavy (non-hydrogen) atoms. The molecular formula is C19H25N3O5S. The van der Waals surface area contributed by atoms with Gasteiger partial charge in [-0.3, -0.25) is 4.79 Å². The molecule has 1 aromatic rings. The van der Waals surface area contributed by atoms with Crippen LogP contribution in [0, 0.1) is 23.2 Å². The molecule has 2 unspecified atom stereocenters. The molecule has 0 aliphatic carbocycles. The number of benzene rings is 1. The van der Waals surface area contributed by atoms with Crippen molar-refractivity contribution < 1.29 is 22.7 Å². The molecular weight excluding hydrogens is 382 g/mol. The Balaban J connectivity index is 1.97. The third-order valence-corrected chi connectivity index (χ3v) is 6.30. The number of esters is 1. The van der Waals surface area contributed by atoms with Crippen molar-refractivity contribution in [3.63, 3.8) is 0 Å². The fourth-order valence-electron chi connectivity index (χ4n) is 3.24.